The molecule has 4 rings (SSSR count). The molecule has 128 valence electrons. The highest BCUT2D eigenvalue weighted by Gasteiger charge is 2.26. The number of anilines is 1. The number of likely N-dealkylation sites (N-methyl/N-ethyl adjacent to an activating group) is 1. The number of hydrogen-bond acceptors (Lipinski definition) is 6. The Morgan fingerprint density at radius 3 is 3.08 bits per heavy atom. The van der Waals surface area contributed by atoms with Crippen molar-refractivity contribution >= 4 is 33.1 Å². The van der Waals surface area contributed by atoms with E-state index in [2.05, 4.69) is 47.0 Å². The average molecular weight is 348 g/mol. The van der Waals surface area contributed by atoms with Crippen LogP contribution in [0, 0.1) is 0 Å². The highest BCUT2D eigenvalue weighted by atomic mass is 32.1. The first-order chi connectivity index (χ1) is 11.6. The molecule has 0 aliphatic carbocycles. The van der Waals surface area contributed by atoms with Gasteiger partial charge < -0.3 is 15.1 Å². The predicted molar refractivity (Wildman–Crippen MR) is 93.9 cm³/mol. The van der Waals surface area contributed by atoms with Crippen LogP contribution in [0.5, 0.6) is 0 Å². The summed E-state index contributed by atoms with van der Waals surface area (Å²) in [4.78, 5) is 10.3. The van der Waals surface area contributed by atoms with Crippen molar-refractivity contribution < 1.29 is 9.80 Å². The van der Waals surface area contributed by atoms with Gasteiger partial charge in [-0.1, -0.05) is 5.10 Å². The van der Waals surface area contributed by atoms with E-state index in [1.807, 2.05) is 11.3 Å². The summed E-state index contributed by atoms with van der Waals surface area (Å²) in [6, 6.07) is 0. The number of quaternary nitrogens is 2. The fraction of sp³-hybridized carbons (Fsp3) is 0.600. The summed E-state index contributed by atoms with van der Waals surface area (Å²) in [6.45, 7) is 4.29. The standard InChI is InChI=1S/C15H22N8S/c1-21(2)7-4-6-16-13-12-10-5-8-22(3)9-11(10)24-14(12)23-15(17-13)18-19-20-23/h4-9H2,1-3H3,(H,16,17,18,20)/p+2. The molecule has 0 saturated carbocycles. The van der Waals surface area contributed by atoms with Crippen LogP contribution in [0.3, 0.4) is 0 Å². The molecule has 1 unspecified atom stereocenters. The fourth-order valence-electron chi connectivity index (χ4n) is 3.32. The molecular weight excluding hydrogens is 324 g/mol. The molecule has 3 aromatic rings. The van der Waals surface area contributed by atoms with Crippen LogP contribution in [0.15, 0.2) is 0 Å². The number of tetrazole rings is 1. The number of rotatable bonds is 5. The van der Waals surface area contributed by atoms with Gasteiger partial charge in [0.05, 0.1) is 44.5 Å². The molecule has 4 heterocycles. The van der Waals surface area contributed by atoms with Gasteiger partial charge in [0.2, 0.25) is 0 Å². The normalized spacial score (nSPS) is 17.8. The predicted octanol–water partition coefficient (Wildman–Crippen LogP) is -1.75. The molecule has 9 heteroatoms. The number of nitrogens with one attached hydrogen (secondary N) is 3. The van der Waals surface area contributed by atoms with E-state index in [4.69, 9.17) is 0 Å². The van der Waals surface area contributed by atoms with Crippen molar-refractivity contribution in [1.82, 2.24) is 25.0 Å². The number of hydrogen-bond donors (Lipinski definition) is 3. The Balaban J connectivity index is 1.75. The van der Waals surface area contributed by atoms with Gasteiger partial charge >= 0.3 is 0 Å². The summed E-state index contributed by atoms with van der Waals surface area (Å²) in [5.74, 6) is 1.51. The lowest BCUT2D eigenvalue weighted by Crippen LogP contribution is -3.08. The van der Waals surface area contributed by atoms with Crippen LogP contribution in [0.2, 0.25) is 0 Å². The molecule has 8 nitrogen and oxygen atoms in total. The minimum absolute atomic E-state index is 0.572. The summed E-state index contributed by atoms with van der Waals surface area (Å²) in [6.07, 6.45) is 2.20. The molecule has 3 N–H and O–H groups in total. The molecule has 0 fully saturated rings. The summed E-state index contributed by atoms with van der Waals surface area (Å²) < 4.78 is 1.78. The van der Waals surface area contributed by atoms with E-state index >= 15 is 0 Å². The first-order valence-electron chi connectivity index (χ1n) is 8.50. The second-order valence-electron chi connectivity index (χ2n) is 6.91. The monoisotopic (exact) mass is 348 g/mol. The van der Waals surface area contributed by atoms with E-state index in [1.165, 1.54) is 20.7 Å². The Bertz CT molecular complexity index is 867. The van der Waals surface area contributed by atoms with Crippen molar-refractivity contribution in [2.75, 3.05) is 46.1 Å². The minimum atomic E-state index is 0.572. The Morgan fingerprint density at radius 1 is 1.38 bits per heavy atom. The molecule has 0 saturated heterocycles. The van der Waals surface area contributed by atoms with Gasteiger partial charge in [0.1, 0.15) is 17.2 Å². The van der Waals surface area contributed by atoms with E-state index in [1.54, 1.807) is 9.42 Å². The number of thiophene rings is 1. The summed E-state index contributed by atoms with van der Waals surface area (Å²) >= 11 is 1.81. The van der Waals surface area contributed by atoms with Crippen molar-refractivity contribution in [3.8, 4) is 0 Å². The van der Waals surface area contributed by atoms with Gasteiger partial charge in [-0.15, -0.1) is 11.3 Å². The molecule has 24 heavy (non-hydrogen) atoms. The lowest BCUT2D eigenvalue weighted by atomic mass is 10.1. The first kappa shape index (κ1) is 15.7. The van der Waals surface area contributed by atoms with Crippen LogP contribution in [0.1, 0.15) is 16.9 Å². The molecule has 1 aliphatic heterocycles. The zero-order valence-electron chi connectivity index (χ0n) is 14.4. The molecular formula is C15H24N8S+2. The van der Waals surface area contributed by atoms with Crippen molar-refractivity contribution in [1.29, 1.82) is 0 Å². The number of aromatic nitrogens is 5. The van der Waals surface area contributed by atoms with Gasteiger partial charge in [-0.3, -0.25) is 0 Å². The molecule has 0 bridgehead atoms. The molecule has 1 atom stereocenters. The second kappa shape index (κ2) is 6.23. The van der Waals surface area contributed by atoms with Crippen LogP contribution >= 0.6 is 11.3 Å². The van der Waals surface area contributed by atoms with E-state index in [9.17, 15) is 0 Å². The van der Waals surface area contributed by atoms with Gasteiger partial charge in [0.25, 0.3) is 5.78 Å². The van der Waals surface area contributed by atoms with Gasteiger partial charge in [0, 0.05) is 19.4 Å². The van der Waals surface area contributed by atoms with Crippen LogP contribution in [0.25, 0.3) is 16.0 Å². The quantitative estimate of drug-likeness (QED) is 0.477. The molecule has 0 spiro atoms. The molecule has 0 amide bonds. The zero-order valence-corrected chi connectivity index (χ0v) is 15.2. The highest BCUT2D eigenvalue weighted by molar-refractivity contribution is 7.19. The van der Waals surface area contributed by atoms with Crippen molar-refractivity contribution in [3.05, 3.63) is 10.4 Å². The lowest BCUT2D eigenvalue weighted by Gasteiger charge is -2.19. The van der Waals surface area contributed by atoms with Gasteiger partial charge in [-0.2, -0.15) is 9.50 Å². The molecule has 0 aromatic carbocycles. The van der Waals surface area contributed by atoms with Crippen molar-refractivity contribution in [3.63, 3.8) is 0 Å². The molecule has 1 aliphatic rings. The smallest absolute Gasteiger partial charge is 0.276 e. The molecule has 3 aromatic heterocycles. The van der Waals surface area contributed by atoms with Crippen molar-refractivity contribution in [2.24, 2.45) is 0 Å². The zero-order chi connectivity index (χ0) is 16.7. The van der Waals surface area contributed by atoms with E-state index in [0.29, 0.717) is 5.78 Å². The van der Waals surface area contributed by atoms with Crippen LogP contribution in [-0.4, -0.2) is 65.8 Å². The van der Waals surface area contributed by atoms with E-state index in [0.717, 1.165) is 49.7 Å². The van der Waals surface area contributed by atoms with Gasteiger partial charge in [-0.25, -0.2) is 0 Å². The van der Waals surface area contributed by atoms with Gasteiger partial charge in [-0.05, 0) is 16.0 Å². The van der Waals surface area contributed by atoms with Crippen LogP contribution < -0.4 is 15.1 Å². The largest absolute Gasteiger partial charge is 0.369 e. The first-order valence-corrected chi connectivity index (χ1v) is 9.31. The number of fused-ring (bicyclic) bond motifs is 5. The third-order valence-electron chi connectivity index (χ3n) is 4.58. The van der Waals surface area contributed by atoms with Crippen molar-refractivity contribution in [2.45, 2.75) is 19.4 Å². The maximum Gasteiger partial charge on any atom is 0.276 e. The third kappa shape index (κ3) is 2.72. The minimum Gasteiger partial charge on any atom is -0.369 e. The van der Waals surface area contributed by atoms with Crippen LogP contribution in [0.4, 0.5) is 5.82 Å². The van der Waals surface area contributed by atoms with Gasteiger partial charge in [0.15, 0.2) is 0 Å². The second-order valence-corrected chi connectivity index (χ2v) is 7.99. The summed E-state index contributed by atoms with van der Waals surface area (Å²) in [5, 5.41) is 16.8. The Kier molecular flexibility index (Phi) is 4.07. The molecule has 0 radical (unpaired) electrons. The van der Waals surface area contributed by atoms with E-state index < -0.39 is 0 Å². The lowest BCUT2D eigenvalue weighted by molar-refractivity contribution is -0.895. The maximum atomic E-state index is 4.69. The Labute approximate surface area is 144 Å². The topological polar surface area (TPSA) is 76.9 Å². The summed E-state index contributed by atoms with van der Waals surface area (Å²) in [5.41, 5.74) is 1.44. The average Bonchev–Trinajstić information content (AvgIpc) is 3.14. The summed E-state index contributed by atoms with van der Waals surface area (Å²) in [7, 11) is 6.61. The van der Waals surface area contributed by atoms with E-state index in [-0.39, 0.29) is 0 Å². The highest BCUT2D eigenvalue weighted by Crippen LogP contribution is 2.36. The Hall–Kier alpha value is -1.84. The maximum absolute atomic E-state index is 4.69. The third-order valence-corrected chi connectivity index (χ3v) is 5.78. The fourth-order valence-corrected chi connectivity index (χ4v) is 4.72. The number of nitrogens with zero attached hydrogens (tertiary/aromatic N) is 5. The SMILES string of the molecule is C[NH+](C)CCCNc1nc2nnnn2c2sc3c(c12)CC[NH+](C)C3. The van der Waals surface area contributed by atoms with Crippen LogP contribution in [-0.2, 0) is 13.0 Å². The Morgan fingerprint density at radius 2 is 2.25 bits per heavy atom.